The fourth-order valence-electron chi connectivity index (χ4n) is 6.46. The Morgan fingerprint density at radius 3 is 2.05 bits per heavy atom. The fraction of sp³-hybridized carbons (Fsp3) is 0.312. The van der Waals surface area contributed by atoms with Crippen LogP contribution >= 0.6 is 0 Å². The molecular formula is C32H28O11. The number of hydrogen-bond acceptors (Lipinski definition) is 11. The van der Waals surface area contributed by atoms with Gasteiger partial charge < -0.3 is 34.6 Å². The minimum absolute atomic E-state index is 0.0109. The van der Waals surface area contributed by atoms with Crippen LogP contribution in [-0.4, -0.2) is 69.2 Å². The van der Waals surface area contributed by atoms with Gasteiger partial charge in [-0.15, -0.1) is 0 Å². The van der Waals surface area contributed by atoms with E-state index in [9.17, 15) is 39.6 Å². The van der Waals surface area contributed by atoms with Gasteiger partial charge in [-0.3, -0.25) is 19.2 Å². The fourth-order valence-corrected chi connectivity index (χ4v) is 6.46. The van der Waals surface area contributed by atoms with E-state index in [0.717, 1.165) is 6.08 Å². The first-order chi connectivity index (χ1) is 20.2. The van der Waals surface area contributed by atoms with Crippen molar-refractivity contribution in [3.8, 4) is 34.1 Å². The number of carbonyl (C=O) groups excluding carboxylic acids is 4. The van der Waals surface area contributed by atoms with Gasteiger partial charge >= 0.3 is 5.97 Å². The molecule has 3 aromatic rings. The molecule has 0 bridgehead atoms. The molecule has 0 saturated carbocycles. The zero-order chi connectivity index (χ0) is 31.2. The molecule has 2 aliphatic carbocycles. The third-order valence-electron chi connectivity index (χ3n) is 8.16. The number of ketones is 3. The van der Waals surface area contributed by atoms with Gasteiger partial charge in [0.25, 0.3) is 0 Å². The Kier molecular flexibility index (Phi) is 6.19. The van der Waals surface area contributed by atoms with Crippen LogP contribution in [-0.2, 0) is 22.4 Å². The van der Waals surface area contributed by atoms with Crippen LogP contribution in [0.5, 0.6) is 23.0 Å². The van der Waals surface area contributed by atoms with Crippen LogP contribution in [0.4, 0.5) is 0 Å². The second-order valence-electron chi connectivity index (χ2n) is 11.8. The van der Waals surface area contributed by atoms with Crippen molar-refractivity contribution in [1.82, 2.24) is 0 Å². The molecule has 3 aromatic carbocycles. The van der Waals surface area contributed by atoms with E-state index in [2.05, 4.69) is 0 Å². The first-order valence-corrected chi connectivity index (χ1v) is 13.5. The molecule has 11 nitrogen and oxygen atoms in total. The predicted octanol–water partition coefficient (Wildman–Crippen LogP) is 3.32. The maximum Gasteiger partial charge on any atom is 0.314 e. The number of hydrogen-bond donors (Lipinski definition) is 4. The van der Waals surface area contributed by atoms with Gasteiger partial charge in [0.1, 0.15) is 23.0 Å². The summed E-state index contributed by atoms with van der Waals surface area (Å²) in [6.45, 7) is 2.91. The number of ether oxygens (including phenoxy) is 3. The summed E-state index contributed by atoms with van der Waals surface area (Å²) < 4.78 is 16.6. The first-order valence-electron chi connectivity index (χ1n) is 13.5. The third-order valence-corrected chi connectivity index (χ3v) is 8.16. The van der Waals surface area contributed by atoms with Gasteiger partial charge in [-0.2, -0.15) is 0 Å². The van der Waals surface area contributed by atoms with Gasteiger partial charge in [0.2, 0.25) is 5.78 Å². The lowest BCUT2D eigenvalue weighted by molar-refractivity contribution is -0.139. The quantitative estimate of drug-likeness (QED) is 0.255. The average Bonchev–Trinajstić information content (AvgIpc) is 2.92. The lowest BCUT2D eigenvalue weighted by Crippen LogP contribution is -2.35. The number of phenols is 2. The standard InChI is InChI=1S/C32H28O11/c1-31(39)9-13-5-16-15(28(37)23(13)19(34)11-31)7-20-26(30(16)42-4)24-14(10-32(2,40)12-22(35)43-20)6-17-25(29(24)38)18(33)8-21(41-3)27(17)36/h5-8,37-40H,9-12H2,1-4H3. The van der Waals surface area contributed by atoms with E-state index in [1.54, 1.807) is 6.07 Å². The van der Waals surface area contributed by atoms with Crippen molar-refractivity contribution in [2.24, 2.45) is 0 Å². The van der Waals surface area contributed by atoms with E-state index in [4.69, 9.17) is 14.2 Å². The number of methoxy groups -OCH3 is 2. The number of aromatic hydroxyl groups is 2. The zero-order valence-electron chi connectivity index (χ0n) is 23.8. The first kappa shape index (κ1) is 28.4. The second kappa shape index (κ2) is 9.38. The Hall–Kier alpha value is -4.74. The summed E-state index contributed by atoms with van der Waals surface area (Å²) in [6.07, 6.45) is 0.0936. The molecule has 3 aliphatic rings. The molecule has 0 aromatic heterocycles. The van der Waals surface area contributed by atoms with Gasteiger partial charge in [0.05, 0.1) is 48.5 Å². The molecule has 0 amide bonds. The number of phenolic OH excluding ortho intramolecular Hbond substituents is 2. The molecular weight excluding hydrogens is 560 g/mol. The van der Waals surface area contributed by atoms with Crippen LogP contribution in [0.3, 0.4) is 0 Å². The van der Waals surface area contributed by atoms with Crippen molar-refractivity contribution in [2.75, 3.05) is 14.2 Å². The van der Waals surface area contributed by atoms with Crippen molar-refractivity contribution in [3.63, 3.8) is 0 Å². The summed E-state index contributed by atoms with van der Waals surface area (Å²) in [7, 11) is 2.55. The number of rotatable bonds is 2. The molecule has 0 saturated heterocycles. The van der Waals surface area contributed by atoms with E-state index in [1.165, 1.54) is 40.2 Å². The normalized spacial score (nSPS) is 23.2. The minimum atomic E-state index is -1.71. The van der Waals surface area contributed by atoms with Crippen LogP contribution in [0.25, 0.3) is 21.9 Å². The maximum absolute atomic E-state index is 13.2. The van der Waals surface area contributed by atoms with Gasteiger partial charge in [0.15, 0.2) is 17.3 Å². The Bertz CT molecular complexity index is 1860. The van der Waals surface area contributed by atoms with E-state index in [0.29, 0.717) is 5.56 Å². The van der Waals surface area contributed by atoms with Crippen molar-refractivity contribution in [3.05, 3.63) is 57.9 Å². The Labute approximate surface area is 244 Å². The number of esters is 1. The van der Waals surface area contributed by atoms with Crippen LogP contribution in [0.15, 0.2) is 30.0 Å². The molecule has 0 radical (unpaired) electrons. The Morgan fingerprint density at radius 2 is 1.40 bits per heavy atom. The summed E-state index contributed by atoms with van der Waals surface area (Å²) in [5, 5.41) is 45.3. The topological polar surface area (TPSA) is 177 Å². The summed E-state index contributed by atoms with van der Waals surface area (Å²) >= 11 is 0. The molecule has 6 rings (SSSR count). The Balaban J connectivity index is 1.75. The summed E-state index contributed by atoms with van der Waals surface area (Å²) in [5.41, 5.74) is -2.93. The molecule has 0 spiro atoms. The predicted molar refractivity (Wildman–Crippen MR) is 151 cm³/mol. The maximum atomic E-state index is 13.2. The van der Waals surface area contributed by atoms with Gasteiger partial charge in [-0.05, 0) is 43.2 Å². The molecule has 2 unspecified atom stereocenters. The average molecular weight is 589 g/mol. The molecule has 43 heavy (non-hydrogen) atoms. The van der Waals surface area contributed by atoms with Gasteiger partial charge in [-0.1, -0.05) is 0 Å². The van der Waals surface area contributed by atoms with Crippen LogP contribution in [0.2, 0.25) is 0 Å². The summed E-state index contributed by atoms with van der Waals surface area (Å²) in [5.74, 6) is -4.07. The van der Waals surface area contributed by atoms with Crippen molar-refractivity contribution in [1.29, 1.82) is 0 Å². The van der Waals surface area contributed by atoms with Crippen LogP contribution in [0.1, 0.15) is 68.9 Å². The highest BCUT2D eigenvalue weighted by molar-refractivity contribution is 6.26. The lowest BCUT2D eigenvalue weighted by atomic mass is 9.78. The highest BCUT2D eigenvalue weighted by Gasteiger charge is 2.40. The van der Waals surface area contributed by atoms with Crippen LogP contribution in [0, 0.1) is 0 Å². The third kappa shape index (κ3) is 4.34. The number of allylic oxidation sites excluding steroid dienone is 2. The van der Waals surface area contributed by atoms with E-state index < -0.39 is 52.4 Å². The number of Topliss-reactive ketones (excluding diaryl/α,β-unsaturated/α-hetero) is 2. The number of benzene rings is 3. The van der Waals surface area contributed by atoms with E-state index >= 15 is 0 Å². The summed E-state index contributed by atoms with van der Waals surface area (Å²) in [4.78, 5) is 52.3. The van der Waals surface area contributed by atoms with E-state index in [-0.39, 0.29) is 80.7 Å². The highest BCUT2D eigenvalue weighted by atomic mass is 16.5. The zero-order valence-corrected chi connectivity index (χ0v) is 23.8. The van der Waals surface area contributed by atoms with Crippen molar-refractivity contribution >= 4 is 34.1 Å². The monoisotopic (exact) mass is 588 g/mol. The molecule has 1 heterocycles. The highest BCUT2D eigenvalue weighted by Crippen LogP contribution is 2.54. The molecule has 0 fully saturated rings. The van der Waals surface area contributed by atoms with Gasteiger partial charge in [-0.25, -0.2) is 0 Å². The minimum Gasteiger partial charge on any atom is -0.507 e. The lowest BCUT2D eigenvalue weighted by Gasteiger charge is -2.30. The van der Waals surface area contributed by atoms with Gasteiger partial charge in [0, 0.05) is 47.2 Å². The second-order valence-corrected chi connectivity index (χ2v) is 11.8. The number of carbonyl (C=O) groups is 4. The molecule has 11 heteroatoms. The van der Waals surface area contributed by atoms with Crippen molar-refractivity contribution in [2.45, 2.75) is 50.7 Å². The van der Waals surface area contributed by atoms with E-state index in [1.807, 2.05) is 0 Å². The number of aliphatic hydroxyl groups is 2. The largest absolute Gasteiger partial charge is 0.507 e. The smallest absolute Gasteiger partial charge is 0.314 e. The Morgan fingerprint density at radius 1 is 0.744 bits per heavy atom. The van der Waals surface area contributed by atoms with Crippen molar-refractivity contribution < 1.29 is 53.8 Å². The molecule has 1 aliphatic heterocycles. The number of fused-ring (bicyclic) bond motifs is 6. The summed E-state index contributed by atoms with van der Waals surface area (Å²) in [6, 6.07) is 4.27. The molecule has 222 valence electrons. The SMILES string of the molecule is COC1=CC(=O)c2c(cc3c(c2O)-c2c(cc4c(O)c5c(cc4c2OC)CC(C)(O)CC5=O)OC(=O)CC(C)(O)C3)C1=O. The molecule has 4 N–H and O–H groups in total. The molecule has 2 atom stereocenters. The van der Waals surface area contributed by atoms with Crippen LogP contribution < -0.4 is 9.47 Å².